The van der Waals surface area contributed by atoms with Crippen LogP contribution in [0.25, 0.3) is 0 Å². The second-order valence-electron chi connectivity index (χ2n) is 1.18. The Morgan fingerprint density at radius 3 is 2.83 bits per heavy atom. The van der Waals surface area contributed by atoms with E-state index in [1.165, 1.54) is 0 Å². The van der Waals surface area contributed by atoms with Crippen LogP contribution in [0.4, 0.5) is 0 Å². The molecule has 6 heavy (non-hydrogen) atoms. The summed E-state index contributed by atoms with van der Waals surface area (Å²) in [7, 11) is 0. The number of Topliss-reactive ketones (excluding diaryl/α,β-unsaturated/α-hetero) is 1. The van der Waals surface area contributed by atoms with Gasteiger partial charge in [0, 0.05) is 18.3 Å². The molecule has 0 aromatic carbocycles. The molecular weight excluding hydrogens is 76.1 g/mol. The number of hydrogen-bond donors (Lipinski definition) is 0. The fourth-order valence-electron chi connectivity index (χ4n) is 0.370. The van der Waals surface area contributed by atoms with Gasteiger partial charge >= 0.3 is 0 Å². The Morgan fingerprint density at radius 1 is 1.83 bits per heavy atom. The molecule has 1 aliphatic carbocycles. The molecule has 0 spiro atoms. The average Bonchev–Trinajstić information content (AvgIpc) is 1.95. The Hall–Kier alpha value is -0.330. The third kappa shape index (κ3) is 0.588. The number of hydrogen-bond acceptors (Lipinski definition) is 1. The van der Waals surface area contributed by atoms with Crippen LogP contribution in [-0.4, -0.2) is 5.78 Å². The number of rotatable bonds is 0. The normalized spacial score (nSPS) is 65.0. The van der Waals surface area contributed by atoms with Gasteiger partial charge < -0.3 is 0 Å². The van der Waals surface area contributed by atoms with Crippen LogP contribution in [-0.2, 0) is 4.79 Å². The average molecular weight is 88.1 g/mol. The van der Waals surface area contributed by atoms with Crippen molar-refractivity contribution in [1.29, 1.82) is 0 Å². The molecule has 0 radical (unpaired) electrons. The maximum atomic E-state index is 10.7. The van der Waals surface area contributed by atoms with Crippen LogP contribution in [0, 0.1) is 0 Å². The molecule has 0 N–H and O–H groups in total. The second-order valence-corrected chi connectivity index (χ2v) is 1.18. The van der Waals surface area contributed by atoms with Gasteiger partial charge in [0.15, 0.2) is 0 Å². The van der Waals surface area contributed by atoms with Gasteiger partial charge in [-0.05, 0) is 12.8 Å². The van der Waals surface area contributed by atoms with E-state index in [4.69, 9.17) is 5.48 Å². The largest absolute Gasteiger partial charge is 0.300 e. The van der Waals surface area contributed by atoms with E-state index in [2.05, 4.69) is 0 Å². The Kier molecular flexibility index (Phi) is 0.312. The smallest absolute Gasteiger partial charge is 0.132 e. The lowest BCUT2D eigenvalue weighted by atomic mass is 10.4. The molecule has 34 valence electrons. The summed E-state index contributed by atoms with van der Waals surface area (Å²) in [5, 5.41) is 0. The lowest BCUT2D eigenvalue weighted by Crippen LogP contribution is -1.81. The van der Waals surface area contributed by atoms with Crippen LogP contribution in [0.15, 0.2) is 0 Å². The molecule has 1 aliphatic rings. The molecule has 1 nitrogen and oxygen atoms in total. The van der Waals surface area contributed by atoms with E-state index in [1.807, 2.05) is 0 Å². The maximum Gasteiger partial charge on any atom is 0.132 e. The predicted molar refractivity (Wildman–Crippen MR) is 23.5 cm³/mol. The van der Waals surface area contributed by atoms with Gasteiger partial charge in [-0.1, -0.05) is 0 Å². The van der Waals surface area contributed by atoms with Gasteiger partial charge in [0.1, 0.15) is 5.78 Å². The summed E-state index contributed by atoms with van der Waals surface area (Å²) >= 11 is 0. The Bertz CT molecular complexity index is 167. The summed E-state index contributed by atoms with van der Waals surface area (Å²) < 4.78 is 28.3. The molecule has 0 amide bonds. The van der Waals surface area contributed by atoms with Crippen molar-refractivity contribution in [3.63, 3.8) is 0 Å². The molecule has 0 saturated heterocycles. The van der Waals surface area contributed by atoms with E-state index in [1.54, 1.807) is 0 Å². The first-order chi connectivity index (χ1) is 4.45. The fraction of sp³-hybridized carbons (Fsp3) is 0.800. The van der Waals surface area contributed by atoms with Crippen molar-refractivity contribution in [2.75, 3.05) is 0 Å². The van der Waals surface area contributed by atoms with Crippen LogP contribution in [0.3, 0.4) is 0 Å². The van der Waals surface area contributed by atoms with Crippen molar-refractivity contribution in [3.8, 4) is 0 Å². The van der Waals surface area contributed by atoms with Crippen molar-refractivity contribution in [2.45, 2.75) is 25.6 Å². The topological polar surface area (TPSA) is 17.1 Å². The number of carbonyl (C=O) groups is 1. The lowest BCUT2D eigenvalue weighted by molar-refractivity contribution is -0.117. The van der Waals surface area contributed by atoms with E-state index in [0.717, 1.165) is 0 Å². The predicted octanol–water partition coefficient (Wildman–Crippen LogP) is 1.13. The molecule has 0 aromatic rings. The maximum absolute atomic E-state index is 10.7. The summed E-state index contributed by atoms with van der Waals surface area (Å²) in [4.78, 5) is 10.7. The second kappa shape index (κ2) is 1.41. The minimum Gasteiger partial charge on any atom is -0.300 e. The SMILES string of the molecule is [2H]C1C(=O)CC([2H])([2H])C1[2H]. The van der Waals surface area contributed by atoms with E-state index in [-0.39, 0.29) is 6.42 Å². The first-order valence-corrected chi connectivity index (χ1v) is 1.82. The Balaban J connectivity index is 2.81. The third-order valence-corrected chi connectivity index (χ3v) is 0.663. The monoisotopic (exact) mass is 88.1 g/mol. The molecule has 1 heteroatoms. The highest BCUT2D eigenvalue weighted by atomic mass is 16.1. The van der Waals surface area contributed by atoms with Gasteiger partial charge in [0.25, 0.3) is 0 Å². The van der Waals surface area contributed by atoms with Crippen molar-refractivity contribution in [2.24, 2.45) is 0 Å². The minimum absolute atomic E-state index is 0.269. The van der Waals surface area contributed by atoms with Crippen LogP contribution in [0.5, 0.6) is 0 Å². The molecule has 0 aromatic heterocycles. The quantitative estimate of drug-likeness (QED) is 0.434. The Morgan fingerprint density at radius 2 is 2.67 bits per heavy atom. The zero-order valence-electron chi connectivity index (χ0n) is 7.27. The molecule has 0 aliphatic heterocycles. The van der Waals surface area contributed by atoms with Crippen LogP contribution in [0.2, 0.25) is 0 Å². The summed E-state index contributed by atoms with van der Waals surface area (Å²) in [5.74, 6) is -0.454. The number of ketones is 1. The van der Waals surface area contributed by atoms with Crippen LogP contribution < -0.4 is 0 Å². The molecule has 0 bridgehead atoms. The fourth-order valence-corrected chi connectivity index (χ4v) is 0.370. The first-order valence-electron chi connectivity index (χ1n) is 3.98. The van der Waals surface area contributed by atoms with Crippen molar-refractivity contribution in [1.82, 2.24) is 0 Å². The molecule has 1 fully saturated rings. The molecule has 0 heterocycles. The van der Waals surface area contributed by atoms with Gasteiger partial charge in [-0.3, -0.25) is 4.79 Å². The zero-order valence-corrected chi connectivity index (χ0v) is 3.27. The van der Waals surface area contributed by atoms with Gasteiger partial charge in [-0.15, -0.1) is 0 Å². The van der Waals surface area contributed by atoms with Crippen LogP contribution in [0.1, 0.15) is 31.1 Å². The van der Waals surface area contributed by atoms with E-state index in [9.17, 15) is 4.79 Å². The summed E-state index contributed by atoms with van der Waals surface area (Å²) in [5.41, 5.74) is 0. The van der Waals surface area contributed by atoms with E-state index >= 15 is 0 Å². The van der Waals surface area contributed by atoms with Gasteiger partial charge in [-0.25, -0.2) is 0 Å². The molecule has 2 unspecified atom stereocenters. The standard InChI is InChI=1S/C5H8O/c6-5-3-1-2-4-5/h1-4H2/i1D,2D2,3D. The van der Waals surface area contributed by atoms with E-state index < -0.39 is 24.9 Å². The van der Waals surface area contributed by atoms with Gasteiger partial charge in [0.05, 0.1) is 0 Å². The Labute approximate surface area is 43.0 Å². The van der Waals surface area contributed by atoms with Crippen molar-refractivity contribution < 1.29 is 10.3 Å². The van der Waals surface area contributed by atoms with Crippen molar-refractivity contribution in [3.05, 3.63) is 0 Å². The zero-order chi connectivity index (χ0) is 7.94. The van der Waals surface area contributed by atoms with Crippen molar-refractivity contribution >= 4 is 5.78 Å². The molecule has 1 saturated carbocycles. The highest BCUT2D eigenvalue weighted by Crippen LogP contribution is 2.11. The third-order valence-electron chi connectivity index (χ3n) is 0.663. The van der Waals surface area contributed by atoms with Gasteiger partial charge in [-0.2, -0.15) is 0 Å². The molecule has 2 atom stereocenters. The molecular formula is C5H8O. The summed E-state index contributed by atoms with van der Waals surface area (Å²) in [6.07, 6.45) is -4.41. The minimum atomic E-state index is -1.77. The first kappa shape index (κ1) is 1.32. The summed E-state index contributed by atoms with van der Waals surface area (Å²) in [6.45, 7) is 0. The van der Waals surface area contributed by atoms with Gasteiger partial charge in [0.2, 0.25) is 0 Å². The van der Waals surface area contributed by atoms with E-state index in [0.29, 0.717) is 0 Å². The molecule has 1 rings (SSSR count). The van der Waals surface area contributed by atoms with Crippen LogP contribution >= 0.6 is 0 Å². The number of carbonyl (C=O) groups excluding carboxylic acids is 1. The highest BCUT2D eigenvalue weighted by Gasteiger charge is 2.07. The lowest BCUT2D eigenvalue weighted by Gasteiger charge is -1.71. The summed E-state index contributed by atoms with van der Waals surface area (Å²) in [6, 6.07) is 0. The highest BCUT2D eigenvalue weighted by molar-refractivity contribution is 5.79.